The van der Waals surface area contributed by atoms with E-state index in [1.54, 1.807) is 4.68 Å². The largest absolute Gasteiger partial charge is 0.492 e. The quantitative estimate of drug-likeness (QED) is 0.843. The summed E-state index contributed by atoms with van der Waals surface area (Å²) >= 11 is 0. The summed E-state index contributed by atoms with van der Waals surface area (Å²) in [6, 6.07) is 9.97. The summed E-state index contributed by atoms with van der Waals surface area (Å²) in [5, 5.41) is 4.36. The number of hydrogen-bond acceptors (Lipinski definition) is 4. The Morgan fingerprint density at radius 3 is 2.88 bits per heavy atom. The number of para-hydroxylation sites is 1. The molecule has 1 amide bonds. The fourth-order valence-electron chi connectivity index (χ4n) is 3.69. The molecule has 1 unspecified atom stereocenters. The normalized spacial score (nSPS) is 21.5. The highest BCUT2D eigenvalue weighted by molar-refractivity contribution is 5.98. The molecule has 0 aliphatic carbocycles. The first kappa shape index (κ1) is 15.2. The second-order valence-corrected chi connectivity index (χ2v) is 6.49. The molecule has 2 aliphatic rings. The van der Waals surface area contributed by atoms with Gasteiger partial charge in [-0.25, -0.2) is 0 Å². The monoisotopic (exact) mass is 326 g/mol. The van der Waals surface area contributed by atoms with E-state index >= 15 is 0 Å². The van der Waals surface area contributed by atoms with Gasteiger partial charge in [-0.1, -0.05) is 18.2 Å². The molecule has 0 radical (unpaired) electrons. The third kappa shape index (κ3) is 2.57. The number of ether oxygens (including phenoxy) is 1. The van der Waals surface area contributed by atoms with Crippen LogP contribution in [0.25, 0.3) is 0 Å². The van der Waals surface area contributed by atoms with E-state index < -0.39 is 0 Å². The Labute approximate surface area is 141 Å². The Balaban J connectivity index is 1.55. The van der Waals surface area contributed by atoms with Crippen molar-refractivity contribution in [3.05, 3.63) is 41.6 Å². The van der Waals surface area contributed by atoms with Crippen molar-refractivity contribution in [1.82, 2.24) is 14.7 Å². The summed E-state index contributed by atoms with van der Waals surface area (Å²) < 4.78 is 7.61. The summed E-state index contributed by atoms with van der Waals surface area (Å²) in [7, 11) is 1.89. The van der Waals surface area contributed by atoms with Crippen molar-refractivity contribution >= 4 is 11.7 Å². The molecule has 0 saturated carbocycles. The fraction of sp³-hybridized carbons (Fsp3) is 0.444. The summed E-state index contributed by atoms with van der Waals surface area (Å²) in [5.41, 5.74) is 2.08. The molecule has 1 saturated heterocycles. The van der Waals surface area contributed by atoms with Crippen LogP contribution < -0.4 is 9.64 Å². The molecule has 6 heteroatoms. The van der Waals surface area contributed by atoms with Crippen molar-refractivity contribution in [1.29, 1.82) is 0 Å². The van der Waals surface area contributed by atoms with Crippen molar-refractivity contribution in [2.45, 2.75) is 25.9 Å². The minimum Gasteiger partial charge on any atom is -0.492 e. The lowest BCUT2D eigenvalue weighted by molar-refractivity contribution is -0.121. The van der Waals surface area contributed by atoms with E-state index in [0.29, 0.717) is 6.61 Å². The maximum atomic E-state index is 13.0. The number of carbonyl (C=O) groups is 1. The third-order valence-corrected chi connectivity index (χ3v) is 4.85. The zero-order valence-electron chi connectivity index (χ0n) is 14.1. The molecule has 0 spiro atoms. The van der Waals surface area contributed by atoms with Crippen LogP contribution in [0.1, 0.15) is 17.7 Å². The van der Waals surface area contributed by atoms with Crippen molar-refractivity contribution < 1.29 is 9.53 Å². The lowest BCUT2D eigenvalue weighted by Crippen LogP contribution is -2.42. The maximum absolute atomic E-state index is 13.0. The predicted octanol–water partition coefficient (Wildman–Crippen LogP) is 1.73. The van der Waals surface area contributed by atoms with Gasteiger partial charge in [-0.15, -0.1) is 0 Å². The number of nitrogens with zero attached hydrogens (tertiary/aromatic N) is 4. The summed E-state index contributed by atoms with van der Waals surface area (Å²) in [6.07, 6.45) is 0.839. The SMILES string of the molecule is Cc1cc(N2CCC(N3CCOc4ccccc4C3)C2=O)n(C)n1. The standard InChI is InChI=1S/C18H22N4O2/c1-13-11-17(20(2)19-13)22-8-7-15(18(22)23)21-9-10-24-16-6-4-3-5-14(16)12-21/h3-6,11,15H,7-10,12H2,1-2H3. The van der Waals surface area contributed by atoms with Crippen molar-refractivity contribution in [3.8, 4) is 5.75 Å². The predicted molar refractivity (Wildman–Crippen MR) is 91.1 cm³/mol. The molecule has 2 aliphatic heterocycles. The lowest BCUT2D eigenvalue weighted by Gasteiger charge is -2.25. The number of aryl methyl sites for hydroxylation is 2. The van der Waals surface area contributed by atoms with Crippen LogP contribution in [0.3, 0.4) is 0 Å². The topological polar surface area (TPSA) is 50.6 Å². The van der Waals surface area contributed by atoms with Gasteiger partial charge in [0.15, 0.2) is 0 Å². The van der Waals surface area contributed by atoms with Crippen LogP contribution >= 0.6 is 0 Å². The summed E-state index contributed by atoms with van der Waals surface area (Å²) in [4.78, 5) is 17.1. The van der Waals surface area contributed by atoms with E-state index in [0.717, 1.165) is 48.9 Å². The fourth-order valence-corrected chi connectivity index (χ4v) is 3.69. The van der Waals surface area contributed by atoms with Gasteiger partial charge in [0.05, 0.1) is 11.7 Å². The molecule has 0 bridgehead atoms. The molecule has 1 atom stereocenters. The summed E-state index contributed by atoms with van der Waals surface area (Å²) in [6.45, 7) is 4.83. The molecule has 6 nitrogen and oxygen atoms in total. The van der Waals surface area contributed by atoms with Crippen molar-refractivity contribution in [2.75, 3.05) is 24.6 Å². The Morgan fingerprint density at radius 2 is 2.08 bits per heavy atom. The molecule has 3 heterocycles. The van der Waals surface area contributed by atoms with E-state index in [1.165, 1.54) is 0 Å². The second kappa shape index (κ2) is 5.94. The van der Waals surface area contributed by atoms with Crippen LogP contribution in [0.15, 0.2) is 30.3 Å². The van der Waals surface area contributed by atoms with Crippen LogP contribution in [0, 0.1) is 6.92 Å². The molecule has 4 rings (SSSR count). The highest BCUT2D eigenvalue weighted by Crippen LogP contribution is 2.29. The molecule has 1 aromatic heterocycles. The van der Waals surface area contributed by atoms with E-state index in [4.69, 9.17) is 4.74 Å². The smallest absolute Gasteiger partial charge is 0.245 e. The Bertz CT molecular complexity index is 770. The average molecular weight is 326 g/mol. The molecule has 1 fully saturated rings. The Morgan fingerprint density at radius 1 is 1.25 bits per heavy atom. The number of fused-ring (bicyclic) bond motifs is 1. The molecule has 126 valence electrons. The average Bonchev–Trinajstić information content (AvgIpc) is 3.01. The van der Waals surface area contributed by atoms with Gasteiger partial charge in [-0.3, -0.25) is 19.3 Å². The molecule has 2 aromatic rings. The lowest BCUT2D eigenvalue weighted by atomic mass is 10.1. The van der Waals surface area contributed by atoms with E-state index in [-0.39, 0.29) is 11.9 Å². The molecule has 24 heavy (non-hydrogen) atoms. The molecular formula is C18H22N4O2. The third-order valence-electron chi connectivity index (χ3n) is 4.85. The second-order valence-electron chi connectivity index (χ2n) is 6.49. The molecule has 1 aromatic carbocycles. The van der Waals surface area contributed by atoms with Gasteiger partial charge in [0.1, 0.15) is 18.2 Å². The first-order valence-electron chi connectivity index (χ1n) is 8.40. The number of rotatable bonds is 2. The number of aromatic nitrogens is 2. The van der Waals surface area contributed by atoms with Crippen LogP contribution in [0.5, 0.6) is 5.75 Å². The van der Waals surface area contributed by atoms with Crippen molar-refractivity contribution in [2.24, 2.45) is 7.05 Å². The van der Waals surface area contributed by atoms with Crippen LogP contribution in [0.2, 0.25) is 0 Å². The zero-order chi connectivity index (χ0) is 16.7. The number of benzene rings is 1. The van der Waals surface area contributed by atoms with Crippen LogP contribution in [0.4, 0.5) is 5.82 Å². The van der Waals surface area contributed by atoms with Crippen LogP contribution in [-0.4, -0.2) is 46.3 Å². The number of amides is 1. The van der Waals surface area contributed by atoms with E-state index in [2.05, 4.69) is 16.1 Å². The minimum atomic E-state index is -0.0880. The zero-order valence-corrected chi connectivity index (χ0v) is 14.1. The number of carbonyl (C=O) groups excluding carboxylic acids is 1. The highest BCUT2D eigenvalue weighted by Gasteiger charge is 2.38. The van der Waals surface area contributed by atoms with Gasteiger partial charge in [-0.05, 0) is 19.4 Å². The molecular weight excluding hydrogens is 304 g/mol. The van der Waals surface area contributed by atoms with E-state index in [1.807, 2.05) is 43.1 Å². The van der Waals surface area contributed by atoms with Gasteiger partial charge in [0.2, 0.25) is 5.91 Å². The highest BCUT2D eigenvalue weighted by atomic mass is 16.5. The van der Waals surface area contributed by atoms with Gasteiger partial charge in [0, 0.05) is 38.3 Å². The Kier molecular flexibility index (Phi) is 3.76. The van der Waals surface area contributed by atoms with Gasteiger partial charge < -0.3 is 4.74 Å². The molecule has 0 N–H and O–H groups in total. The van der Waals surface area contributed by atoms with Gasteiger partial charge in [-0.2, -0.15) is 5.10 Å². The van der Waals surface area contributed by atoms with Crippen molar-refractivity contribution in [3.63, 3.8) is 0 Å². The van der Waals surface area contributed by atoms with Crippen LogP contribution in [-0.2, 0) is 18.4 Å². The first-order valence-corrected chi connectivity index (χ1v) is 8.40. The number of anilines is 1. The Hall–Kier alpha value is -2.34. The summed E-state index contributed by atoms with van der Waals surface area (Å²) in [5.74, 6) is 1.98. The van der Waals surface area contributed by atoms with Gasteiger partial charge in [0.25, 0.3) is 0 Å². The van der Waals surface area contributed by atoms with Gasteiger partial charge >= 0.3 is 0 Å². The first-order chi connectivity index (χ1) is 11.6. The minimum absolute atomic E-state index is 0.0880. The van der Waals surface area contributed by atoms with E-state index in [9.17, 15) is 4.79 Å². The number of hydrogen-bond donors (Lipinski definition) is 0. The maximum Gasteiger partial charge on any atom is 0.245 e.